The number of phosphoric acid groups is 2. The van der Waals surface area contributed by atoms with Crippen LogP contribution in [-0.2, 0) is 65.4 Å². The molecule has 0 aliphatic carbocycles. The Morgan fingerprint density at radius 1 is 0.298 bits per heavy atom. The maximum absolute atomic E-state index is 13.1. The standard InChI is InChI=1S/C75H146O17P2/c1-9-66(6)52-44-36-28-22-19-20-23-30-39-47-55-72(77)85-61-70(91-74(79)57-49-41-31-24-18-16-14-12-13-15-17-21-27-35-43-51-65(4)5)63-89-93(81,82)87-59-69(76)60-88-94(83,84)90-64-71(62-86-73(78)56-48-40-34-33-38-46-54-68(8)11-3)92-75(80)58-50-42-32-26-25-29-37-45-53-67(7)10-2/h65-71,76H,9-64H2,1-8H3,(H,81,82)(H,83,84)/t66?,67?,68?,69-,70-,71-/m1/s1. The van der Waals surface area contributed by atoms with Crippen LogP contribution in [0.4, 0.5) is 0 Å². The fourth-order valence-electron chi connectivity index (χ4n) is 11.3. The van der Waals surface area contributed by atoms with E-state index >= 15 is 0 Å². The van der Waals surface area contributed by atoms with Crippen molar-refractivity contribution < 1.29 is 80.2 Å². The molecule has 3 N–H and O–H groups in total. The molecule has 558 valence electrons. The molecule has 0 bridgehead atoms. The molecule has 0 aromatic heterocycles. The quantitative estimate of drug-likeness (QED) is 0.0222. The number of carbonyl (C=O) groups is 4. The molecular weight excluding hydrogens is 1230 g/mol. The molecule has 0 radical (unpaired) electrons. The molecule has 0 aromatic rings. The van der Waals surface area contributed by atoms with Crippen LogP contribution in [0.25, 0.3) is 0 Å². The van der Waals surface area contributed by atoms with Gasteiger partial charge in [0.05, 0.1) is 26.4 Å². The second-order valence-corrected chi connectivity index (χ2v) is 31.1. The van der Waals surface area contributed by atoms with E-state index in [0.717, 1.165) is 120 Å². The first-order chi connectivity index (χ1) is 45.2. The minimum Gasteiger partial charge on any atom is -0.462 e. The summed E-state index contributed by atoms with van der Waals surface area (Å²) in [7, 11) is -9.91. The van der Waals surface area contributed by atoms with Gasteiger partial charge in [-0.1, -0.05) is 325 Å². The molecule has 8 atom stereocenters. The number of phosphoric ester groups is 2. The maximum Gasteiger partial charge on any atom is 0.472 e. The number of aliphatic hydroxyl groups excluding tert-OH is 1. The van der Waals surface area contributed by atoms with Crippen molar-refractivity contribution in [3.8, 4) is 0 Å². The smallest absolute Gasteiger partial charge is 0.462 e. The normalized spacial score (nSPS) is 15.0. The van der Waals surface area contributed by atoms with Gasteiger partial charge in [-0.05, 0) is 49.4 Å². The van der Waals surface area contributed by atoms with Crippen molar-refractivity contribution in [3.63, 3.8) is 0 Å². The Balaban J connectivity index is 5.26. The minimum absolute atomic E-state index is 0.104. The maximum atomic E-state index is 13.1. The Kier molecular flexibility index (Phi) is 63.1. The number of hydrogen-bond acceptors (Lipinski definition) is 15. The number of carbonyl (C=O) groups excluding carboxylic acids is 4. The number of ether oxygens (including phenoxy) is 4. The summed E-state index contributed by atoms with van der Waals surface area (Å²) in [6, 6.07) is 0. The topological polar surface area (TPSA) is 237 Å². The monoisotopic (exact) mass is 1380 g/mol. The summed E-state index contributed by atoms with van der Waals surface area (Å²) in [5.41, 5.74) is 0. The number of rotatable bonds is 72. The first-order valence-electron chi connectivity index (χ1n) is 38.8. The highest BCUT2D eigenvalue weighted by Gasteiger charge is 2.30. The molecule has 0 aliphatic heterocycles. The van der Waals surface area contributed by atoms with Gasteiger partial charge in [0, 0.05) is 25.7 Å². The Hall–Kier alpha value is -1.94. The molecule has 19 heteroatoms. The van der Waals surface area contributed by atoms with Crippen LogP contribution in [0.15, 0.2) is 0 Å². The van der Waals surface area contributed by atoms with E-state index in [2.05, 4.69) is 55.4 Å². The molecule has 0 heterocycles. The lowest BCUT2D eigenvalue weighted by molar-refractivity contribution is -0.161. The molecule has 0 saturated carbocycles. The van der Waals surface area contributed by atoms with Crippen molar-refractivity contribution in [1.29, 1.82) is 0 Å². The summed E-state index contributed by atoms with van der Waals surface area (Å²) in [5, 5.41) is 10.6. The van der Waals surface area contributed by atoms with Crippen LogP contribution < -0.4 is 0 Å². The van der Waals surface area contributed by atoms with Gasteiger partial charge < -0.3 is 33.8 Å². The molecule has 0 rings (SSSR count). The van der Waals surface area contributed by atoms with Crippen molar-refractivity contribution >= 4 is 39.5 Å². The molecule has 5 unspecified atom stereocenters. The van der Waals surface area contributed by atoms with Gasteiger partial charge in [0.25, 0.3) is 0 Å². The van der Waals surface area contributed by atoms with Gasteiger partial charge >= 0.3 is 39.5 Å². The largest absolute Gasteiger partial charge is 0.472 e. The van der Waals surface area contributed by atoms with Crippen LogP contribution >= 0.6 is 15.6 Å². The van der Waals surface area contributed by atoms with E-state index < -0.39 is 97.5 Å². The van der Waals surface area contributed by atoms with Crippen LogP contribution in [-0.4, -0.2) is 96.7 Å². The Labute approximate surface area is 575 Å². The molecule has 0 aliphatic rings. The third kappa shape index (κ3) is 64.7. The van der Waals surface area contributed by atoms with Gasteiger partial charge in [-0.15, -0.1) is 0 Å². The van der Waals surface area contributed by atoms with E-state index in [0.29, 0.717) is 25.7 Å². The fourth-order valence-corrected chi connectivity index (χ4v) is 12.9. The van der Waals surface area contributed by atoms with Crippen LogP contribution in [0.3, 0.4) is 0 Å². The van der Waals surface area contributed by atoms with E-state index in [4.69, 9.17) is 37.0 Å². The van der Waals surface area contributed by atoms with Gasteiger partial charge in [-0.3, -0.25) is 37.3 Å². The van der Waals surface area contributed by atoms with Crippen molar-refractivity contribution in [2.45, 2.75) is 395 Å². The number of unbranched alkanes of at least 4 members (excludes halogenated alkanes) is 35. The highest BCUT2D eigenvalue weighted by atomic mass is 31.2. The van der Waals surface area contributed by atoms with Crippen molar-refractivity contribution in [2.75, 3.05) is 39.6 Å². The highest BCUT2D eigenvalue weighted by Crippen LogP contribution is 2.45. The van der Waals surface area contributed by atoms with E-state index in [9.17, 15) is 43.2 Å². The highest BCUT2D eigenvalue weighted by molar-refractivity contribution is 7.47. The number of esters is 4. The predicted molar refractivity (Wildman–Crippen MR) is 381 cm³/mol. The Morgan fingerprint density at radius 3 is 0.755 bits per heavy atom. The Morgan fingerprint density at radius 2 is 0.511 bits per heavy atom. The summed E-state index contributed by atoms with van der Waals surface area (Å²) in [5.74, 6) is 0.988. The first-order valence-corrected chi connectivity index (χ1v) is 41.8. The fraction of sp³-hybridized carbons (Fsp3) is 0.947. The van der Waals surface area contributed by atoms with E-state index in [1.165, 1.54) is 173 Å². The van der Waals surface area contributed by atoms with Gasteiger partial charge in [-0.2, -0.15) is 0 Å². The summed E-state index contributed by atoms with van der Waals surface area (Å²) in [4.78, 5) is 72.8. The third-order valence-electron chi connectivity index (χ3n) is 18.4. The lowest BCUT2D eigenvalue weighted by Gasteiger charge is -2.21. The van der Waals surface area contributed by atoms with Crippen LogP contribution in [0.5, 0.6) is 0 Å². The zero-order chi connectivity index (χ0) is 69.6. The lowest BCUT2D eigenvalue weighted by Crippen LogP contribution is -2.30. The zero-order valence-electron chi connectivity index (χ0n) is 61.6. The number of aliphatic hydroxyl groups is 1. The Bertz CT molecular complexity index is 1860. The van der Waals surface area contributed by atoms with Gasteiger partial charge in [-0.25, -0.2) is 9.13 Å². The molecule has 0 amide bonds. The summed E-state index contributed by atoms with van der Waals surface area (Å²) in [6.07, 6.45) is 48.5. The predicted octanol–water partition coefficient (Wildman–Crippen LogP) is 21.7. The zero-order valence-corrected chi connectivity index (χ0v) is 63.4. The minimum atomic E-state index is -4.96. The average molecular weight is 1380 g/mol. The molecule has 0 aromatic carbocycles. The van der Waals surface area contributed by atoms with Gasteiger partial charge in [0.15, 0.2) is 12.2 Å². The molecule has 0 spiro atoms. The molecule has 17 nitrogen and oxygen atoms in total. The van der Waals surface area contributed by atoms with Gasteiger partial charge in [0.2, 0.25) is 0 Å². The molecule has 0 saturated heterocycles. The number of hydrogen-bond donors (Lipinski definition) is 3. The lowest BCUT2D eigenvalue weighted by atomic mass is 9.99. The van der Waals surface area contributed by atoms with Crippen LogP contribution in [0.2, 0.25) is 0 Å². The molecular formula is C75H146O17P2. The summed E-state index contributed by atoms with van der Waals surface area (Å²) in [6.45, 7) is 14.2. The summed E-state index contributed by atoms with van der Waals surface area (Å²) < 4.78 is 68.5. The van der Waals surface area contributed by atoms with Crippen LogP contribution in [0.1, 0.15) is 376 Å². The second-order valence-electron chi connectivity index (χ2n) is 28.2. The first kappa shape index (κ1) is 92.1. The average Bonchev–Trinajstić information content (AvgIpc) is 1.92. The van der Waals surface area contributed by atoms with Gasteiger partial charge in [0.1, 0.15) is 19.3 Å². The SMILES string of the molecule is CCC(C)CCCCCCCCCCCCC(=O)OC[C@H](COP(=O)(O)OC[C@@H](O)COP(=O)(O)OC[C@@H](COC(=O)CCCCCCCCC(C)CC)OC(=O)CCCCCCCCCCC(C)CC)OC(=O)CCCCCCCCCCCCCCCCCC(C)C. The third-order valence-corrected chi connectivity index (χ3v) is 20.3. The van der Waals surface area contributed by atoms with Crippen molar-refractivity contribution in [3.05, 3.63) is 0 Å². The van der Waals surface area contributed by atoms with E-state index in [1.54, 1.807) is 0 Å². The summed E-state index contributed by atoms with van der Waals surface area (Å²) >= 11 is 0. The van der Waals surface area contributed by atoms with Crippen molar-refractivity contribution in [2.24, 2.45) is 23.7 Å². The van der Waals surface area contributed by atoms with E-state index in [1.807, 2.05) is 0 Å². The van der Waals surface area contributed by atoms with E-state index in [-0.39, 0.29) is 25.7 Å². The molecule has 0 fully saturated rings. The molecule has 94 heavy (non-hydrogen) atoms. The van der Waals surface area contributed by atoms with Crippen LogP contribution in [0, 0.1) is 23.7 Å². The second kappa shape index (κ2) is 64.4. The van der Waals surface area contributed by atoms with Crippen molar-refractivity contribution in [1.82, 2.24) is 0 Å².